The van der Waals surface area contributed by atoms with Gasteiger partial charge in [-0.3, -0.25) is 0 Å². The molecule has 1 nitrogen and oxygen atoms in total. The molecule has 11 heavy (non-hydrogen) atoms. The van der Waals surface area contributed by atoms with Crippen LogP contribution in [0.2, 0.25) is 0 Å². The zero-order valence-corrected chi connectivity index (χ0v) is 6.84. The van der Waals surface area contributed by atoms with Gasteiger partial charge in [0.2, 0.25) is 0 Å². The molecule has 0 aromatic carbocycles. The summed E-state index contributed by atoms with van der Waals surface area (Å²) in [5.74, 6) is 0. The number of allylic oxidation sites excluding steroid dienone is 4. The zero-order chi connectivity index (χ0) is 7.94. The fourth-order valence-electron chi connectivity index (χ4n) is 1.05. The van der Waals surface area contributed by atoms with E-state index in [9.17, 15) is 0 Å². The fraction of sp³-hybridized carbons (Fsp3) is 0.400. The van der Waals surface area contributed by atoms with Crippen LogP contribution in [0.1, 0.15) is 12.8 Å². The van der Waals surface area contributed by atoms with Crippen molar-refractivity contribution in [3.8, 4) is 0 Å². The van der Waals surface area contributed by atoms with Gasteiger partial charge in [-0.05, 0) is 19.4 Å². The van der Waals surface area contributed by atoms with Crippen LogP contribution >= 0.6 is 0 Å². The number of hydrogen-bond donors (Lipinski definition) is 1. The van der Waals surface area contributed by atoms with Gasteiger partial charge in [0.15, 0.2) is 0 Å². The highest BCUT2D eigenvalue weighted by molar-refractivity contribution is 5.19. The Hall–Kier alpha value is -0.820. The molecule has 1 aliphatic rings. The number of rotatable bonds is 0. The van der Waals surface area contributed by atoms with Crippen LogP contribution < -0.4 is 5.32 Å². The standard InChI is InChI=1S/C10H15N/c1-10-6-3-2-4-8-11-9-5-7-10/h2-4,6,11H,1,5,7-9H2/b4-2-,6-3-. The lowest BCUT2D eigenvalue weighted by atomic mass is 10.1. The van der Waals surface area contributed by atoms with Crippen molar-refractivity contribution < 1.29 is 0 Å². The third kappa shape index (κ3) is 3.79. The smallest absolute Gasteiger partial charge is 0.0137 e. The summed E-state index contributed by atoms with van der Waals surface area (Å²) in [6.07, 6.45) is 10.6. The van der Waals surface area contributed by atoms with E-state index < -0.39 is 0 Å². The third-order valence-electron chi connectivity index (χ3n) is 1.69. The van der Waals surface area contributed by atoms with Crippen LogP contribution in [0.5, 0.6) is 0 Å². The average molecular weight is 149 g/mol. The predicted octanol–water partition coefficient (Wildman–Crippen LogP) is 2.04. The van der Waals surface area contributed by atoms with E-state index in [0.717, 1.165) is 19.5 Å². The lowest BCUT2D eigenvalue weighted by Gasteiger charge is -2.03. The second-order valence-electron chi connectivity index (χ2n) is 2.75. The Morgan fingerprint density at radius 2 is 2.27 bits per heavy atom. The molecule has 0 unspecified atom stereocenters. The molecule has 0 atom stereocenters. The molecular formula is C10H15N. The summed E-state index contributed by atoms with van der Waals surface area (Å²) >= 11 is 0. The molecule has 0 aromatic heterocycles. The molecule has 0 saturated carbocycles. The summed E-state index contributed by atoms with van der Waals surface area (Å²) in [7, 11) is 0. The Kier molecular flexibility index (Phi) is 3.70. The lowest BCUT2D eigenvalue weighted by Crippen LogP contribution is -2.15. The molecule has 1 heterocycles. The van der Waals surface area contributed by atoms with Gasteiger partial charge in [-0.1, -0.05) is 36.5 Å². The largest absolute Gasteiger partial charge is 0.313 e. The quantitative estimate of drug-likeness (QED) is 0.555. The number of hydrogen-bond acceptors (Lipinski definition) is 1. The van der Waals surface area contributed by atoms with Crippen molar-refractivity contribution in [1.29, 1.82) is 0 Å². The van der Waals surface area contributed by atoms with Gasteiger partial charge in [-0.25, -0.2) is 0 Å². The SMILES string of the molecule is C=C1/C=C\C=C/CNCCC1. The highest BCUT2D eigenvalue weighted by Crippen LogP contribution is 2.03. The van der Waals surface area contributed by atoms with E-state index in [0.29, 0.717) is 0 Å². The summed E-state index contributed by atoms with van der Waals surface area (Å²) in [5.41, 5.74) is 1.22. The molecule has 0 aliphatic carbocycles. The van der Waals surface area contributed by atoms with E-state index in [4.69, 9.17) is 0 Å². The van der Waals surface area contributed by atoms with Gasteiger partial charge in [-0.15, -0.1) is 0 Å². The first-order chi connectivity index (χ1) is 5.39. The maximum Gasteiger partial charge on any atom is 0.0137 e. The first-order valence-electron chi connectivity index (χ1n) is 4.11. The molecule has 1 rings (SSSR count). The molecule has 1 aliphatic heterocycles. The zero-order valence-electron chi connectivity index (χ0n) is 6.84. The van der Waals surface area contributed by atoms with Gasteiger partial charge in [0, 0.05) is 6.54 Å². The topological polar surface area (TPSA) is 12.0 Å². The molecule has 60 valence electrons. The maximum atomic E-state index is 3.94. The van der Waals surface area contributed by atoms with Gasteiger partial charge in [0.1, 0.15) is 0 Å². The highest BCUT2D eigenvalue weighted by Gasteiger charge is 1.90. The van der Waals surface area contributed by atoms with Crippen molar-refractivity contribution >= 4 is 0 Å². The normalized spacial score (nSPS) is 26.0. The highest BCUT2D eigenvalue weighted by atomic mass is 14.8. The van der Waals surface area contributed by atoms with Crippen molar-refractivity contribution in [2.45, 2.75) is 12.8 Å². The van der Waals surface area contributed by atoms with Gasteiger partial charge in [-0.2, -0.15) is 0 Å². The van der Waals surface area contributed by atoms with Gasteiger partial charge in [0.25, 0.3) is 0 Å². The second-order valence-corrected chi connectivity index (χ2v) is 2.75. The van der Waals surface area contributed by atoms with Crippen LogP contribution in [-0.2, 0) is 0 Å². The van der Waals surface area contributed by atoms with Crippen molar-refractivity contribution in [2.75, 3.05) is 13.1 Å². The molecule has 0 bridgehead atoms. The molecule has 0 amide bonds. The van der Waals surface area contributed by atoms with E-state index in [1.807, 2.05) is 0 Å². The molecule has 0 saturated heterocycles. The van der Waals surface area contributed by atoms with Gasteiger partial charge < -0.3 is 5.32 Å². The first kappa shape index (κ1) is 8.28. The number of nitrogens with one attached hydrogen (secondary N) is 1. The summed E-state index contributed by atoms with van der Waals surface area (Å²) in [6.45, 7) is 6.02. The minimum atomic E-state index is 0.983. The lowest BCUT2D eigenvalue weighted by molar-refractivity contribution is 0.693. The fourth-order valence-corrected chi connectivity index (χ4v) is 1.05. The Morgan fingerprint density at radius 1 is 1.36 bits per heavy atom. The van der Waals surface area contributed by atoms with Crippen LogP contribution in [0.15, 0.2) is 36.5 Å². The predicted molar refractivity (Wildman–Crippen MR) is 49.5 cm³/mol. The molecular weight excluding hydrogens is 134 g/mol. The summed E-state index contributed by atoms with van der Waals surface area (Å²) in [6, 6.07) is 0. The van der Waals surface area contributed by atoms with E-state index in [2.05, 4.69) is 36.2 Å². The Bertz CT molecular complexity index is 177. The van der Waals surface area contributed by atoms with Gasteiger partial charge >= 0.3 is 0 Å². The molecule has 0 spiro atoms. The van der Waals surface area contributed by atoms with Crippen LogP contribution in [0.3, 0.4) is 0 Å². The molecule has 1 heteroatoms. The minimum Gasteiger partial charge on any atom is -0.313 e. The summed E-state index contributed by atoms with van der Waals surface area (Å²) < 4.78 is 0. The van der Waals surface area contributed by atoms with Crippen LogP contribution in [0, 0.1) is 0 Å². The molecule has 0 fully saturated rings. The van der Waals surface area contributed by atoms with Crippen molar-refractivity contribution in [2.24, 2.45) is 0 Å². The van der Waals surface area contributed by atoms with Crippen molar-refractivity contribution in [3.05, 3.63) is 36.5 Å². The maximum absolute atomic E-state index is 3.94. The summed E-state index contributed by atoms with van der Waals surface area (Å²) in [5, 5.41) is 3.31. The first-order valence-corrected chi connectivity index (χ1v) is 4.11. The van der Waals surface area contributed by atoms with E-state index in [1.165, 1.54) is 12.0 Å². The van der Waals surface area contributed by atoms with Crippen molar-refractivity contribution in [1.82, 2.24) is 5.32 Å². The van der Waals surface area contributed by atoms with E-state index >= 15 is 0 Å². The van der Waals surface area contributed by atoms with Crippen molar-refractivity contribution in [3.63, 3.8) is 0 Å². The van der Waals surface area contributed by atoms with Crippen LogP contribution in [-0.4, -0.2) is 13.1 Å². The average Bonchev–Trinajstić information content (AvgIpc) is 2.03. The van der Waals surface area contributed by atoms with E-state index in [1.54, 1.807) is 0 Å². The Balaban J connectivity index is 2.44. The molecule has 1 N–H and O–H groups in total. The van der Waals surface area contributed by atoms with Crippen LogP contribution in [0.25, 0.3) is 0 Å². The second kappa shape index (κ2) is 4.91. The Labute approximate surface area is 68.5 Å². The minimum absolute atomic E-state index is 0.983. The third-order valence-corrected chi connectivity index (χ3v) is 1.69. The van der Waals surface area contributed by atoms with E-state index in [-0.39, 0.29) is 0 Å². The van der Waals surface area contributed by atoms with Crippen LogP contribution in [0.4, 0.5) is 0 Å². The Morgan fingerprint density at radius 3 is 3.18 bits per heavy atom. The summed E-state index contributed by atoms with van der Waals surface area (Å²) in [4.78, 5) is 0. The van der Waals surface area contributed by atoms with Gasteiger partial charge in [0.05, 0.1) is 0 Å². The molecule has 0 radical (unpaired) electrons. The monoisotopic (exact) mass is 149 g/mol. The molecule has 0 aromatic rings.